The molecule has 0 aromatic heterocycles. The van der Waals surface area contributed by atoms with Crippen molar-refractivity contribution >= 4 is 22.4 Å². The summed E-state index contributed by atoms with van der Waals surface area (Å²) in [6.07, 6.45) is 0. The van der Waals surface area contributed by atoms with Crippen LogP contribution in [-0.2, 0) is 6.61 Å². The van der Waals surface area contributed by atoms with Crippen molar-refractivity contribution in [1.82, 2.24) is 0 Å². The summed E-state index contributed by atoms with van der Waals surface area (Å²) in [4.78, 5) is 12.8. The Balaban J connectivity index is 1.51. The number of anilines is 1. The van der Waals surface area contributed by atoms with Crippen LogP contribution >= 0.6 is 0 Å². The van der Waals surface area contributed by atoms with Gasteiger partial charge < -0.3 is 14.8 Å². The Morgan fingerprint density at radius 3 is 2.43 bits per heavy atom. The van der Waals surface area contributed by atoms with Gasteiger partial charge in [-0.3, -0.25) is 4.79 Å². The molecule has 4 heteroatoms. The third kappa shape index (κ3) is 4.28. The lowest BCUT2D eigenvalue weighted by atomic mass is 10.1. The van der Waals surface area contributed by atoms with Crippen LogP contribution in [0.3, 0.4) is 0 Å². The van der Waals surface area contributed by atoms with E-state index < -0.39 is 0 Å². The smallest absolute Gasteiger partial charge is 0.255 e. The number of fused-ring (bicyclic) bond motifs is 1. The maximum atomic E-state index is 12.8. The zero-order valence-electron chi connectivity index (χ0n) is 17.0. The standard InChI is InChI=1S/C26H23NO3/c1-18-10-12-19(13-11-18)17-30-24-15-14-21(16-25(24)29-2)26(28)27-23-9-5-7-20-6-3-4-8-22(20)23/h3-16H,17H2,1-2H3,(H,27,28). The van der Waals surface area contributed by atoms with Crippen molar-refractivity contribution in [2.75, 3.05) is 12.4 Å². The number of amides is 1. The summed E-state index contributed by atoms with van der Waals surface area (Å²) in [5.41, 5.74) is 3.55. The van der Waals surface area contributed by atoms with E-state index in [9.17, 15) is 4.79 Å². The van der Waals surface area contributed by atoms with Gasteiger partial charge in [0, 0.05) is 16.6 Å². The lowest BCUT2D eigenvalue weighted by Crippen LogP contribution is -2.12. The zero-order valence-corrected chi connectivity index (χ0v) is 17.0. The van der Waals surface area contributed by atoms with Crippen LogP contribution in [-0.4, -0.2) is 13.0 Å². The highest BCUT2D eigenvalue weighted by Gasteiger charge is 2.13. The number of carbonyl (C=O) groups excluding carboxylic acids is 1. The first-order valence-corrected chi connectivity index (χ1v) is 9.79. The highest BCUT2D eigenvalue weighted by molar-refractivity contribution is 6.09. The van der Waals surface area contributed by atoms with Crippen LogP contribution < -0.4 is 14.8 Å². The molecule has 0 bridgehead atoms. The van der Waals surface area contributed by atoms with Crippen molar-refractivity contribution in [3.05, 3.63) is 102 Å². The first kappa shape index (κ1) is 19.5. The van der Waals surface area contributed by atoms with Crippen LogP contribution in [0.2, 0.25) is 0 Å². The minimum atomic E-state index is -0.199. The van der Waals surface area contributed by atoms with Crippen molar-refractivity contribution in [2.45, 2.75) is 13.5 Å². The molecule has 150 valence electrons. The first-order valence-electron chi connectivity index (χ1n) is 9.79. The van der Waals surface area contributed by atoms with Gasteiger partial charge in [-0.2, -0.15) is 0 Å². The number of rotatable bonds is 6. The molecule has 0 atom stereocenters. The van der Waals surface area contributed by atoms with Gasteiger partial charge in [0.25, 0.3) is 5.91 Å². The Bertz CT molecular complexity index is 1180. The number of ether oxygens (including phenoxy) is 2. The second kappa shape index (κ2) is 8.70. The van der Waals surface area contributed by atoms with E-state index in [0.717, 1.165) is 22.0 Å². The quantitative estimate of drug-likeness (QED) is 0.435. The van der Waals surface area contributed by atoms with Gasteiger partial charge in [-0.05, 0) is 42.1 Å². The molecule has 1 amide bonds. The average Bonchev–Trinajstić information content (AvgIpc) is 2.79. The highest BCUT2D eigenvalue weighted by atomic mass is 16.5. The molecule has 0 unspecified atom stereocenters. The minimum absolute atomic E-state index is 0.199. The predicted molar refractivity (Wildman–Crippen MR) is 120 cm³/mol. The molecule has 30 heavy (non-hydrogen) atoms. The molecule has 0 fully saturated rings. The van der Waals surface area contributed by atoms with Gasteiger partial charge in [-0.25, -0.2) is 0 Å². The largest absolute Gasteiger partial charge is 0.493 e. The number of hydrogen-bond donors (Lipinski definition) is 1. The van der Waals surface area contributed by atoms with Gasteiger partial charge in [0.1, 0.15) is 6.61 Å². The molecule has 0 aliphatic carbocycles. The molecule has 4 nitrogen and oxygen atoms in total. The fourth-order valence-corrected chi connectivity index (χ4v) is 3.30. The van der Waals surface area contributed by atoms with Gasteiger partial charge in [0.05, 0.1) is 7.11 Å². The SMILES string of the molecule is COc1cc(C(=O)Nc2cccc3ccccc23)ccc1OCc1ccc(C)cc1. The minimum Gasteiger partial charge on any atom is -0.493 e. The third-order valence-corrected chi connectivity index (χ3v) is 4.98. The number of aryl methyl sites for hydroxylation is 1. The van der Waals surface area contributed by atoms with E-state index in [1.807, 2.05) is 54.6 Å². The van der Waals surface area contributed by atoms with Crippen molar-refractivity contribution in [3.8, 4) is 11.5 Å². The number of methoxy groups -OCH3 is 1. The maximum absolute atomic E-state index is 12.8. The molecule has 1 N–H and O–H groups in total. The molecule has 0 saturated heterocycles. The van der Waals surface area contributed by atoms with Crippen LogP contribution in [0.25, 0.3) is 10.8 Å². The van der Waals surface area contributed by atoms with Crippen LogP contribution in [0.15, 0.2) is 84.9 Å². The summed E-state index contributed by atoms with van der Waals surface area (Å²) in [6, 6.07) is 27.2. The van der Waals surface area contributed by atoms with E-state index in [0.29, 0.717) is 23.7 Å². The fourth-order valence-electron chi connectivity index (χ4n) is 3.30. The molecule has 0 saturated carbocycles. The summed E-state index contributed by atoms with van der Waals surface area (Å²) < 4.78 is 11.4. The Hall–Kier alpha value is -3.79. The first-order chi connectivity index (χ1) is 14.6. The summed E-state index contributed by atoms with van der Waals surface area (Å²) in [7, 11) is 1.57. The second-order valence-corrected chi connectivity index (χ2v) is 7.12. The van der Waals surface area contributed by atoms with E-state index in [1.54, 1.807) is 25.3 Å². The van der Waals surface area contributed by atoms with Crippen molar-refractivity contribution in [1.29, 1.82) is 0 Å². The molecule has 0 radical (unpaired) electrons. The summed E-state index contributed by atoms with van der Waals surface area (Å²) in [6.45, 7) is 2.48. The molecular weight excluding hydrogens is 374 g/mol. The van der Waals surface area contributed by atoms with Crippen molar-refractivity contribution in [2.24, 2.45) is 0 Å². The average molecular weight is 397 g/mol. The lowest BCUT2D eigenvalue weighted by Gasteiger charge is -2.13. The van der Waals surface area contributed by atoms with E-state index in [2.05, 4.69) is 24.4 Å². The topological polar surface area (TPSA) is 47.6 Å². The molecular formula is C26H23NO3. The summed E-state index contributed by atoms with van der Waals surface area (Å²) >= 11 is 0. The van der Waals surface area contributed by atoms with E-state index in [4.69, 9.17) is 9.47 Å². The van der Waals surface area contributed by atoms with Crippen LogP contribution in [0.1, 0.15) is 21.5 Å². The Labute approximate surface area is 176 Å². The van der Waals surface area contributed by atoms with Crippen LogP contribution in [0.5, 0.6) is 11.5 Å². The molecule has 4 aromatic rings. The van der Waals surface area contributed by atoms with Gasteiger partial charge in [0.2, 0.25) is 0 Å². The van der Waals surface area contributed by atoms with E-state index in [1.165, 1.54) is 5.56 Å². The highest BCUT2D eigenvalue weighted by Crippen LogP contribution is 2.30. The molecule has 0 heterocycles. The van der Waals surface area contributed by atoms with Gasteiger partial charge in [0.15, 0.2) is 11.5 Å². The Morgan fingerprint density at radius 1 is 0.867 bits per heavy atom. The van der Waals surface area contributed by atoms with Crippen LogP contribution in [0.4, 0.5) is 5.69 Å². The van der Waals surface area contributed by atoms with E-state index >= 15 is 0 Å². The molecule has 4 rings (SSSR count). The van der Waals surface area contributed by atoms with Crippen LogP contribution in [0, 0.1) is 6.92 Å². The van der Waals surface area contributed by atoms with E-state index in [-0.39, 0.29) is 5.91 Å². The zero-order chi connectivity index (χ0) is 20.9. The van der Waals surface area contributed by atoms with Gasteiger partial charge in [-0.15, -0.1) is 0 Å². The molecule has 0 aliphatic heterocycles. The van der Waals surface area contributed by atoms with Crippen molar-refractivity contribution < 1.29 is 14.3 Å². The molecule has 0 spiro atoms. The molecule has 0 aliphatic rings. The summed E-state index contributed by atoms with van der Waals surface area (Å²) in [5.74, 6) is 0.919. The Morgan fingerprint density at radius 2 is 1.63 bits per heavy atom. The monoisotopic (exact) mass is 397 g/mol. The van der Waals surface area contributed by atoms with Gasteiger partial charge in [-0.1, -0.05) is 66.2 Å². The number of nitrogens with one attached hydrogen (secondary N) is 1. The Kier molecular flexibility index (Phi) is 5.66. The second-order valence-electron chi connectivity index (χ2n) is 7.12. The maximum Gasteiger partial charge on any atom is 0.255 e. The number of hydrogen-bond acceptors (Lipinski definition) is 3. The summed E-state index contributed by atoms with van der Waals surface area (Å²) in [5, 5.41) is 5.07. The number of benzene rings is 4. The normalized spacial score (nSPS) is 10.6. The lowest BCUT2D eigenvalue weighted by molar-refractivity contribution is 0.102. The van der Waals surface area contributed by atoms with Gasteiger partial charge >= 0.3 is 0 Å². The predicted octanol–water partition coefficient (Wildman–Crippen LogP) is 5.99. The fraction of sp³-hybridized carbons (Fsp3) is 0.115. The third-order valence-electron chi connectivity index (χ3n) is 4.98. The van der Waals surface area contributed by atoms with Crippen molar-refractivity contribution in [3.63, 3.8) is 0 Å². The number of carbonyl (C=O) groups is 1. The molecule has 4 aromatic carbocycles.